The molecule has 0 spiro atoms. The molecule has 0 rings (SSSR count). The summed E-state index contributed by atoms with van der Waals surface area (Å²) < 4.78 is 34.8. The lowest BCUT2D eigenvalue weighted by Crippen LogP contribution is -2.37. The predicted octanol–water partition coefficient (Wildman–Crippen LogP) is 24.3. The van der Waals surface area contributed by atoms with E-state index < -0.39 is 26.5 Å². The van der Waals surface area contributed by atoms with Crippen molar-refractivity contribution >= 4 is 19.8 Å². The second-order valence-corrected chi connectivity index (χ2v) is 27.4. The minimum atomic E-state index is -4.39. The maximum Gasteiger partial charge on any atom is 0.472 e. The summed E-state index contributed by atoms with van der Waals surface area (Å²) in [6.45, 7) is 4.37. The Labute approximate surface area is 544 Å². The molecule has 10 heteroatoms. The van der Waals surface area contributed by atoms with Gasteiger partial charge in [-0.1, -0.05) is 342 Å². The highest BCUT2D eigenvalue weighted by Gasteiger charge is 2.27. The molecule has 0 aliphatic rings. The van der Waals surface area contributed by atoms with E-state index in [-0.39, 0.29) is 25.6 Å². The van der Waals surface area contributed by atoms with Crippen LogP contribution in [-0.2, 0) is 32.7 Å². The van der Waals surface area contributed by atoms with Gasteiger partial charge in [-0.2, -0.15) is 0 Å². The van der Waals surface area contributed by atoms with Crippen LogP contribution in [0.15, 0.2) is 97.2 Å². The van der Waals surface area contributed by atoms with Gasteiger partial charge in [0.05, 0.1) is 27.7 Å². The Balaban J connectivity index is 4.01. The molecule has 0 aliphatic heterocycles. The molecule has 0 aromatic heterocycles. The van der Waals surface area contributed by atoms with Crippen molar-refractivity contribution < 1.29 is 42.1 Å². The fraction of sp³-hybridized carbons (Fsp3) is 0.769. The summed E-state index contributed by atoms with van der Waals surface area (Å²) in [5, 5.41) is 0. The Hall–Kier alpha value is -3.07. The van der Waals surface area contributed by atoms with E-state index in [1.807, 2.05) is 21.1 Å². The van der Waals surface area contributed by atoms with Crippen molar-refractivity contribution in [2.75, 3.05) is 47.5 Å². The minimum Gasteiger partial charge on any atom is -0.462 e. The smallest absolute Gasteiger partial charge is 0.462 e. The topological polar surface area (TPSA) is 108 Å². The number of rotatable bonds is 68. The van der Waals surface area contributed by atoms with E-state index in [4.69, 9.17) is 18.5 Å². The highest BCUT2D eigenvalue weighted by atomic mass is 31.2. The van der Waals surface area contributed by atoms with Crippen LogP contribution < -0.4 is 0 Å². The standard InChI is InChI=1S/C78H140NO8P/c1-6-8-10-12-14-16-18-20-22-24-26-28-30-32-33-34-35-36-37-38-39-40-41-42-43-44-45-47-49-51-53-55-57-59-61-63-65-67-69-71-78(81)87-76(75-86-88(82,83)85-73-72-79(3,4)5)74-84-77(80)70-68-66-64-62-60-58-56-54-52-50-48-46-31-29-27-25-23-21-19-17-15-13-11-9-7-2/h8,10,14,16,20,22,26,28,32-33,35-36,38-39,41-42,76H,6-7,9,11-13,15,17-19,21,23-25,27,29-31,34,37,40,43-75H2,1-5H3/p+1/b10-8-,16-14-,22-20-,28-26-,33-32-,36-35-,39-38-,42-41-. The monoisotopic (exact) mass is 1250 g/mol. The van der Waals surface area contributed by atoms with Crippen molar-refractivity contribution in [2.45, 2.75) is 341 Å². The van der Waals surface area contributed by atoms with Crippen LogP contribution in [0.4, 0.5) is 0 Å². The molecule has 0 heterocycles. The number of phosphoric ester groups is 1. The van der Waals surface area contributed by atoms with E-state index in [1.165, 1.54) is 212 Å². The van der Waals surface area contributed by atoms with Gasteiger partial charge in [0, 0.05) is 12.8 Å². The van der Waals surface area contributed by atoms with Crippen LogP contribution in [0.2, 0.25) is 0 Å². The Kier molecular flexibility index (Phi) is 65.9. The van der Waals surface area contributed by atoms with Crippen LogP contribution in [0.5, 0.6) is 0 Å². The summed E-state index contributed by atoms with van der Waals surface area (Å²) in [6, 6.07) is 0. The first-order valence-electron chi connectivity index (χ1n) is 37.0. The number of hydrogen-bond donors (Lipinski definition) is 1. The van der Waals surface area contributed by atoms with Crippen LogP contribution in [0.1, 0.15) is 335 Å². The third kappa shape index (κ3) is 72.0. The first kappa shape index (κ1) is 84.9. The summed E-state index contributed by atoms with van der Waals surface area (Å²) in [5.74, 6) is -0.784. The molecule has 9 nitrogen and oxygen atoms in total. The summed E-state index contributed by atoms with van der Waals surface area (Å²) in [5.41, 5.74) is 0. The molecule has 0 saturated heterocycles. The summed E-state index contributed by atoms with van der Waals surface area (Å²) >= 11 is 0. The fourth-order valence-corrected chi connectivity index (χ4v) is 11.2. The molecular weight excluding hydrogens is 1110 g/mol. The molecular formula is C78H141NO8P+. The number of esters is 2. The first-order chi connectivity index (χ1) is 43.0. The SMILES string of the molecule is CC/C=C\C/C=C\C/C=C\C/C=C\C/C=C\C/C=C\C/C=C\C/C=C\CCCCCCCCCCCCCCCCC(=O)OC(COC(=O)CCCCCCCCCCCCCCCCCCCCCCCCCCC)COP(=O)(O)OCC[N+](C)(C)C. The number of allylic oxidation sites excluding steroid dienone is 16. The van der Waals surface area contributed by atoms with E-state index in [2.05, 4.69) is 111 Å². The van der Waals surface area contributed by atoms with E-state index in [0.29, 0.717) is 23.9 Å². The zero-order valence-corrected chi connectivity index (χ0v) is 59.1. The molecule has 0 aromatic carbocycles. The van der Waals surface area contributed by atoms with E-state index in [1.54, 1.807) is 0 Å². The first-order valence-corrected chi connectivity index (χ1v) is 38.5. The molecule has 2 unspecified atom stereocenters. The van der Waals surface area contributed by atoms with Gasteiger partial charge >= 0.3 is 19.8 Å². The van der Waals surface area contributed by atoms with Crippen molar-refractivity contribution in [2.24, 2.45) is 0 Å². The molecule has 2 atom stereocenters. The number of ether oxygens (including phenoxy) is 2. The van der Waals surface area contributed by atoms with Gasteiger partial charge in [0.15, 0.2) is 6.10 Å². The highest BCUT2D eigenvalue weighted by Crippen LogP contribution is 2.43. The van der Waals surface area contributed by atoms with Gasteiger partial charge in [-0.3, -0.25) is 18.6 Å². The molecule has 0 radical (unpaired) electrons. The number of unbranched alkanes of at least 4 members (excludes halogenated alkanes) is 38. The van der Waals surface area contributed by atoms with Crippen molar-refractivity contribution in [3.8, 4) is 0 Å². The normalized spacial score (nSPS) is 13.7. The minimum absolute atomic E-state index is 0.0309. The average Bonchev–Trinajstić information content (AvgIpc) is 3.68. The van der Waals surface area contributed by atoms with Crippen LogP contribution >= 0.6 is 7.82 Å². The number of carbonyl (C=O) groups excluding carboxylic acids is 2. The van der Waals surface area contributed by atoms with Gasteiger partial charge in [-0.25, -0.2) is 4.57 Å². The summed E-state index contributed by atoms with van der Waals surface area (Å²) in [4.78, 5) is 35.9. The van der Waals surface area contributed by atoms with Crippen molar-refractivity contribution in [1.82, 2.24) is 0 Å². The molecule has 1 N–H and O–H groups in total. The van der Waals surface area contributed by atoms with Crippen molar-refractivity contribution in [3.05, 3.63) is 97.2 Å². The van der Waals surface area contributed by atoms with Crippen LogP contribution in [0.3, 0.4) is 0 Å². The molecule has 88 heavy (non-hydrogen) atoms. The second kappa shape index (κ2) is 68.3. The van der Waals surface area contributed by atoms with Crippen molar-refractivity contribution in [1.29, 1.82) is 0 Å². The number of quaternary nitrogens is 1. The summed E-state index contributed by atoms with van der Waals surface area (Å²) in [7, 11) is 1.49. The molecule has 0 saturated carbocycles. The maximum atomic E-state index is 12.9. The van der Waals surface area contributed by atoms with E-state index >= 15 is 0 Å². The number of nitrogens with zero attached hydrogens (tertiary/aromatic N) is 1. The van der Waals surface area contributed by atoms with Gasteiger partial charge in [0.2, 0.25) is 0 Å². The number of phosphoric acid groups is 1. The van der Waals surface area contributed by atoms with Crippen molar-refractivity contribution in [3.63, 3.8) is 0 Å². The Morgan fingerprint density at radius 3 is 0.966 bits per heavy atom. The average molecular weight is 1250 g/mol. The third-order valence-corrected chi connectivity index (χ3v) is 17.1. The largest absolute Gasteiger partial charge is 0.472 e. The Morgan fingerprint density at radius 1 is 0.364 bits per heavy atom. The molecule has 0 aliphatic carbocycles. The number of likely N-dealkylation sites (N-methyl/N-ethyl adjacent to an activating group) is 1. The zero-order valence-electron chi connectivity index (χ0n) is 58.2. The predicted molar refractivity (Wildman–Crippen MR) is 381 cm³/mol. The third-order valence-electron chi connectivity index (χ3n) is 16.1. The zero-order chi connectivity index (χ0) is 64.1. The Morgan fingerprint density at radius 2 is 0.648 bits per heavy atom. The van der Waals surface area contributed by atoms with Crippen LogP contribution in [-0.4, -0.2) is 74.9 Å². The highest BCUT2D eigenvalue weighted by molar-refractivity contribution is 7.47. The van der Waals surface area contributed by atoms with E-state index in [9.17, 15) is 19.0 Å². The number of hydrogen-bond acceptors (Lipinski definition) is 7. The fourth-order valence-electron chi connectivity index (χ4n) is 10.5. The molecule has 0 fully saturated rings. The van der Waals surface area contributed by atoms with Crippen LogP contribution in [0.25, 0.3) is 0 Å². The maximum absolute atomic E-state index is 12.9. The van der Waals surface area contributed by atoms with Gasteiger partial charge in [0.1, 0.15) is 19.8 Å². The quantitative estimate of drug-likeness (QED) is 0.0211. The van der Waals surface area contributed by atoms with Crippen LogP contribution in [0, 0.1) is 0 Å². The molecule has 0 amide bonds. The Bertz CT molecular complexity index is 1810. The molecule has 510 valence electrons. The van der Waals surface area contributed by atoms with E-state index in [0.717, 1.165) is 89.9 Å². The van der Waals surface area contributed by atoms with Gasteiger partial charge in [-0.15, -0.1) is 0 Å². The lowest BCUT2D eigenvalue weighted by molar-refractivity contribution is -0.870. The van der Waals surface area contributed by atoms with Gasteiger partial charge in [-0.05, 0) is 77.0 Å². The number of carbonyl (C=O) groups is 2. The second-order valence-electron chi connectivity index (χ2n) is 26.0. The van der Waals surface area contributed by atoms with Gasteiger partial charge < -0.3 is 18.9 Å². The lowest BCUT2D eigenvalue weighted by atomic mass is 10.0. The lowest BCUT2D eigenvalue weighted by Gasteiger charge is -2.24. The molecule has 0 aromatic rings. The summed E-state index contributed by atoms with van der Waals surface area (Å²) in [6.07, 6.45) is 95.2. The van der Waals surface area contributed by atoms with Gasteiger partial charge in [0.25, 0.3) is 0 Å². The molecule has 0 bridgehead atoms.